The van der Waals surface area contributed by atoms with Crippen molar-refractivity contribution in [3.63, 3.8) is 0 Å². The topological polar surface area (TPSA) is 84.2 Å². The molecule has 5 heteroatoms. The summed E-state index contributed by atoms with van der Waals surface area (Å²) in [5, 5.41) is 5.53. The molecule has 0 bridgehead atoms. The third-order valence-electron chi connectivity index (χ3n) is 3.11. The van der Waals surface area contributed by atoms with Crippen molar-refractivity contribution < 1.29 is 9.59 Å². The maximum Gasteiger partial charge on any atom is 0.225 e. The Balaban J connectivity index is 2.73. The molecule has 0 aliphatic heterocycles. The van der Waals surface area contributed by atoms with Gasteiger partial charge in [0, 0.05) is 30.8 Å². The molecule has 0 aliphatic rings. The van der Waals surface area contributed by atoms with E-state index in [1.807, 2.05) is 26.8 Å². The molecule has 1 rings (SSSR count). The van der Waals surface area contributed by atoms with Gasteiger partial charge in [-0.25, -0.2) is 0 Å². The van der Waals surface area contributed by atoms with Crippen LogP contribution in [0.3, 0.4) is 0 Å². The van der Waals surface area contributed by atoms with Gasteiger partial charge in [0.2, 0.25) is 11.8 Å². The Hall–Kier alpha value is -1.88. The molecule has 0 saturated heterocycles. The molecule has 0 radical (unpaired) electrons. The van der Waals surface area contributed by atoms with Crippen LogP contribution in [0, 0.1) is 12.8 Å². The fourth-order valence-electron chi connectivity index (χ4n) is 1.69. The first-order valence-corrected chi connectivity index (χ1v) is 6.73. The molecule has 0 spiro atoms. The van der Waals surface area contributed by atoms with Crippen molar-refractivity contribution in [1.29, 1.82) is 0 Å². The normalized spacial score (nSPS) is 12.1. The molecule has 0 aliphatic carbocycles. The molecule has 20 heavy (non-hydrogen) atoms. The van der Waals surface area contributed by atoms with Crippen LogP contribution in [0.1, 0.15) is 32.8 Å². The van der Waals surface area contributed by atoms with Gasteiger partial charge in [0.05, 0.1) is 0 Å². The molecule has 1 atom stereocenters. The van der Waals surface area contributed by atoms with Crippen LogP contribution < -0.4 is 16.4 Å². The van der Waals surface area contributed by atoms with E-state index < -0.39 is 0 Å². The Kier molecular flexibility index (Phi) is 5.70. The fraction of sp³-hybridized carbons (Fsp3) is 0.467. The predicted molar refractivity (Wildman–Crippen MR) is 81.5 cm³/mol. The van der Waals surface area contributed by atoms with Crippen molar-refractivity contribution in [3.05, 3.63) is 23.8 Å². The number of nitrogens with two attached hydrogens (primary N) is 1. The minimum atomic E-state index is -0.157. The van der Waals surface area contributed by atoms with E-state index in [9.17, 15) is 9.59 Å². The molecule has 110 valence electrons. The van der Waals surface area contributed by atoms with Crippen LogP contribution in [0.4, 0.5) is 11.4 Å². The smallest absolute Gasteiger partial charge is 0.225 e. The van der Waals surface area contributed by atoms with Crippen LogP contribution in [0.5, 0.6) is 0 Å². The summed E-state index contributed by atoms with van der Waals surface area (Å²) in [4.78, 5) is 23.0. The first-order valence-electron chi connectivity index (χ1n) is 6.73. The van der Waals surface area contributed by atoms with Crippen LogP contribution in [0.25, 0.3) is 0 Å². The predicted octanol–water partition coefficient (Wildman–Crippen LogP) is 2.27. The molecule has 5 nitrogen and oxygen atoms in total. The van der Waals surface area contributed by atoms with Gasteiger partial charge in [-0.05, 0) is 30.5 Å². The Morgan fingerprint density at radius 3 is 2.45 bits per heavy atom. The van der Waals surface area contributed by atoms with E-state index in [1.165, 1.54) is 6.92 Å². The van der Waals surface area contributed by atoms with Gasteiger partial charge in [0.15, 0.2) is 0 Å². The van der Waals surface area contributed by atoms with Crippen molar-refractivity contribution in [1.82, 2.24) is 0 Å². The van der Waals surface area contributed by atoms with Gasteiger partial charge in [-0.15, -0.1) is 0 Å². The number of carbonyl (C=O) groups excluding carboxylic acids is 2. The lowest BCUT2D eigenvalue weighted by atomic mass is 10.0. The van der Waals surface area contributed by atoms with Crippen molar-refractivity contribution in [3.8, 4) is 0 Å². The molecule has 0 heterocycles. The van der Waals surface area contributed by atoms with Gasteiger partial charge in [0.1, 0.15) is 0 Å². The average molecular weight is 277 g/mol. The standard InChI is InChI=1S/C15H23N3O2/c1-9(2)13(16)8-15(20)18-12-6-5-10(3)14(7-12)17-11(4)19/h5-7,9,13H,8,16H2,1-4H3,(H,17,19)(H,18,20). The molecular weight excluding hydrogens is 254 g/mol. The van der Waals surface area contributed by atoms with E-state index in [0.29, 0.717) is 11.4 Å². The van der Waals surface area contributed by atoms with Gasteiger partial charge in [-0.1, -0.05) is 19.9 Å². The van der Waals surface area contributed by atoms with Gasteiger partial charge in [-0.2, -0.15) is 0 Å². The highest BCUT2D eigenvalue weighted by Crippen LogP contribution is 2.20. The Bertz CT molecular complexity index is 498. The van der Waals surface area contributed by atoms with E-state index in [0.717, 1.165) is 5.56 Å². The second kappa shape index (κ2) is 7.05. The number of benzene rings is 1. The second-order valence-corrected chi connectivity index (χ2v) is 5.37. The average Bonchev–Trinajstić information content (AvgIpc) is 2.32. The van der Waals surface area contributed by atoms with Crippen LogP contribution in [0.2, 0.25) is 0 Å². The number of hydrogen-bond acceptors (Lipinski definition) is 3. The summed E-state index contributed by atoms with van der Waals surface area (Å²) in [5.74, 6) is -0.00376. The molecule has 2 amide bonds. The maximum atomic E-state index is 11.9. The highest BCUT2D eigenvalue weighted by Gasteiger charge is 2.13. The Morgan fingerprint density at radius 1 is 1.25 bits per heavy atom. The molecule has 4 N–H and O–H groups in total. The van der Waals surface area contributed by atoms with Crippen LogP contribution >= 0.6 is 0 Å². The second-order valence-electron chi connectivity index (χ2n) is 5.37. The highest BCUT2D eigenvalue weighted by molar-refractivity contribution is 5.94. The molecule has 0 aromatic heterocycles. The molecule has 1 aromatic carbocycles. The van der Waals surface area contributed by atoms with E-state index in [-0.39, 0.29) is 30.2 Å². The quantitative estimate of drug-likeness (QED) is 0.772. The summed E-state index contributed by atoms with van der Waals surface area (Å²) in [6.45, 7) is 7.31. The zero-order valence-corrected chi connectivity index (χ0v) is 12.5. The lowest BCUT2D eigenvalue weighted by molar-refractivity contribution is -0.116. The van der Waals surface area contributed by atoms with Gasteiger partial charge < -0.3 is 16.4 Å². The van der Waals surface area contributed by atoms with Gasteiger partial charge in [-0.3, -0.25) is 9.59 Å². The van der Waals surface area contributed by atoms with Crippen molar-refractivity contribution in [2.24, 2.45) is 11.7 Å². The number of rotatable bonds is 5. The zero-order valence-electron chi connectivity index (χ0n) is 12.5. The third kappa shape index (κ3) is 5.01. The van der Waals surface area contributed by atoms with E-state index >= 15 is 0 Å². The summed E-state index contributed by atoms with van der Waals surface area (Å²) in [6, 6.07) is 5.24. The number of anilines is 2. The summed E-state index contributed by atoms with van der Waals surface area (Å²) < 4.78 is 0. The van der Waals surface area contributed by atoms with Crippen LogP contribution in [0.15, 0.2) is 18.2 Å². The SMILES string of the molecule is CC(=O)Nc1cc(NC(=O)CC(N)C(C)C)ccc1C. The van der Waals surface area contributed by atoms with E-state index in [4.69, 9.17) is 5.73 Å². The number of aryl methyl sites for hydroxylation is 1. The number of carbonyl (C=O) groups is 2. The summed E-state index contributed by atoms with van der Waals surface area (Å²) in [7, 11) is 0. The number of nitrogens with one attached hydrogen (secondary N) is 2. The lowest BCUT2D eigenvalue weighted by Crippen LogP contribution is -2.31. The van der Waals surface area contributed by atoms with Crippen LogP contribution in [-0.2, 0) is 9.59 Å². The lowest BCUT2D eigenvalue weighted by Gasteiger charge is -2.15. The van der Waals surface area contributed by atoms with Crippen LogP contribution in [-0.4, -0.2) is 17.9 Å². The minimum Gasteiger partial charge on any atom is -0.327 e. The third-order valence-corrected chi connectivity index (χ3v) is 3.11. The van der Waals surface area contributed by atoms with Crippen molar-refractivity contribution >= 4 is 23.2 Å². The first kappa shape index (κ1) is 16.2. The van der Waals surface area contributed by atoms with Crippen molar-refractivity contribution in [2.45, 2.75) is 40.2 Å². The maximum absolute atomic E-state index is 11.9. The summed E-state index contributed by atoms with van der Waals surface area (Å²) >= 11 is 0. The van der Waals surface area contributed by atoms with E-state index in [1.54, 1.807) is 12.1 Å². The Morgan fingerprint density at radius 2 is 1.90 bits per heavy atom. The number of hydrogen-bond donors (Lipinski definition) is 3. The Labute approximate surface area is 119 Å². The number of amides is 2. The first-order chi connectivity index (χ1) is 9.29. The monoisotopic (exact) mass is 277 g/mol. The summed E-state index contributed by atoms with van der Waals surface area (Å²) in [5.41, 5.74) is 8.17. The zero-order chi connectivity index (χ0) is 15.3. The molecule has 1 aromatic rings. The minimum absolute atomic E-state index is 0.121. The molecule has 0 saturated carbocycles. The van der Waals surface area contributed by atoms with Crippen molar-refractivity contribution in [2.75, 3.05) is 10.6 Å². The fourth-order valence-corrected chi connectivity index (χ4v) is 1.69. The molecular formula is C15H23N3O2. The largest absolute Gasteiger partial charge is 0.327 e. The van der Waals surface area contributed by atoms with E-state index in [2.05, 4.69) is 10.6 Å². The molecule has 1 unspecified atom stereocenters. The summed E-state index contributed by atoms with van der Waals surface area (Å²) in [6.07, 6.45) is 0.279. The van der Waals surface area contributed by atoms with Gasteiger partial charge >= 0.3 is 0 Å². The highest BCUT2D eigenvalue weighted by atomic mass is 16.2. The molecule has 0 fully saturated rings. The van der Waals surface area contributed by atoms with Gasteiger partial charge in [0.25, 0.3) is 0 Å².